The Balaban J connectivity index is 2.64. The summed E-state index contributed by atoms with van der Waals surface area (Å²) in [5.41, 5.74) is 0.197. The van der Waals surface area contributed by atoms with Crippen LogP contribution in [0.4, 0.5) is 13.2 Å². The van der Waals surface area contributed by atoms with Gasteiger partial charge in [0.2, 0.25) is 0 Å². The molecule has 0 aromatic carbocycles. The second-order valence-electron chi connectivity index (χ2n) is 2.85. The molecule has 0 bridgehead atoms. The molecule has 0 saturated heterocycles. The second kappa shape index (κ2) is 4.39. The zero-order chi connectivity index (χ0) is 12.4. The fraction of sp³-hybridized carbons (Fsp3) is 0.500. The van der Waals surface area contributed by atoms with Gasteiger partial charge in [0, 0.05) is 0 Å². The molecular weight excluding hydrogens is 251 g/mol. The maximum Gasteiger partial charge on any atom is 0.413 e. The van der Waals surface area contributed by atoms with Crippen LogP contribution in [0.5, 0.6) is 0 Å². The normalized spacial score (nSPS) is 13.0. The number of hydrogen-bond donors (Lipinski definition) is 2. The third-order valence-corrected chi connectivity index (χ3v) is 2.81. The molecule has 0 spiro atoms. The average Bonchev–Trinajstić information content (AvgIpc) is 2.48. The molecule has 0 unspecified atom stereocenters. The molecule has 1 aromatic rings. The Kier molecular flexibility index (Phi) is 3.55. The van der Waals surface area contributed by atoms with E-state index in [0.717, 1.165) is 6.20 Å². The van der Waals surface area contributed by atoms with E-state index in [0.29, 0.717) is 0 Å². The van der Waals surface area contributed by atoms with Crippen molar-refractivity contribution in [2.75, 3.05) is 6.61 Å². The second-order valence-corrected chi connectivity index (χ2v) is 4.46. The molecule has 0 radical (unpaired) electrons. The molecular formula is C6H8F3N3O3S. The molecule has 0 fully saturated rings. The van der Waals surface area contributed by atoms with Crippen LogP contribution in [0.3, 0.4) is 0 Å². The number of nitrogens with zero attached hydrogens (tertiary/aromatic N) is 1. The lowest BCUT2D eigenvalue weighted by atomic mass is 10.5. The van der Waals surface area contributed by atoms with Gasteiger partial charge in [-0.25, -0.2) is 8.42 Å². The van der Waals surface area contributed by atoms with Gasteiger partial charge >= 0.3 is 6.18 Å². The van der Waals surface area contributed by atoms with Crippen molar-refractivity contribution in [1.82, 2.24) is 15.1 Å². The lowest BCUT2D eigenvalue weighted by Crippen LogP contribution is -2.29. The van der Waals surface area contributed by atoms with E-state index in [9.17, 15) is 21.6 Å². The Labute approximate surface area is 88.8 Å². The predicted molar refractivity (Wildman–Crippen MR) is 45.7 cm³/mol. The minimum Gasteiger partial charge on any atom is -0.281 e. The first-order valence-electron chi connectivity index (χ1n) is 3.93. The highest BCUT2D eigenvalue weighted by atomic mass is 32.2. The van der Waals surface area contributed by atoms with Gasteiger partial charge in [0.25, 0.3) is 10.0 Å². The van der Waals surface area contributed by atoms with Crippen LogP contribution >= 0.6 is 0 Å². The maximum absolute atomic E-state index is 11.7. The van der Waals surface area contributed by atoms with Crippen LogP contribution in [0.1, 0.15) is 5.69 Å². The molecule has 6 nitrogen and oxygen atoms in total. The third-order valence-electron chi connectivity index (χ3n) is 1.48. The Morgan fingerprint density at radius 1 is 1.56 bits per heavy atom. The van der Waals surface area contributed by atoms with Gasteiger partial charge in [0.05, 0.1) is 11.9 Å². The highest BCUT2D eigenvalue weighted by molar-refractivity contribution is 7.89. The quantitative estimate of drug-likeness (QED) is 0.771. The number of sulfonamides is 1. The van der Waals surface area contributed by atoms with Crippen molar-refractivity contribution in [3.8, 4) is 0 Å². The molecule has 1 rings (SSSR count). The van der Waals surface area contributed by atoms with E-state index in [1.54, 1.807) is 0 Å². The molecule has 0 atom stereocenters. The average molecular weight is 259 g/mol. The number of rotatable bonds is 4. The van der Waals surface area contributed by atoms with Crippen molar-refractivity contribution >= 4 is 10.0 Å². The monoisotopic (exact) mass is 259 g/mol. The van der Waals surface area contributed by atoms with Crippen LogP contribution in [-0.2, 0) is 14.9 Å². The van der Waals surface area contributed by atoms with Crippen LogP contribution in [0.2, 0.25) is 0 Å². The van der Waals surface area contributed by atoms with E-state index in [-0.39, 0.29) is 10.6 Å². The van der Waals surface area contributed by atoms with Crippen molar-refractivity contribution in [3.63, 3.8) is 0 Å². The summed E-state index contributed by atoms with van der Waals surface area (Å²) in [7, 11) is -4.14. The minimum atomic E-state index is -4.60. The lowest BCUT2D eigenvalue weighted by molar-refractivity contribution is -0.181. The van der Waals surface area contributed by atoms with Crippen molar-refractivity contribution in [1.29, 1.82) is 0 Å². The van der Waals surface area contributed by atoms with E-state index in [1.807, 2.05) is 0 Å². The van der Waals surface area contributed by atoms with Gasteiger partial charge in [-0.1, -0.05) is 4.89 Å². The molecule has 0 aliphatic heterocycles. The topological polar surface area (TPSA) is 84.1 Å². The number of nitrogens with one attached hydrogen (secondary N) is 2. The largest absolute Gasteiger partial charge is 0.413 e. The number of aromatic nitrogens is 2. The van der Waals surface area contributed by atoms with E-state index in [4.69, 9.17) is 0 Å². The Morgan fingerprint density at radius 2 is 2.19 bits per heavy atom. The fourth-order valence-corrected chi connectivity index (χ4v) is 1.79. The van der Waals surface area contributed by atoms with Gasteiger partial charge in [-0.15, -0.1) is 0 Å². The van der Waals surface area contributed by atoms with E-state index in [2.05, 4.69) is 15.0 Å². The summed E-state index contributed by atoms with van der Waals surface area (Å²) in [6.07, 6.45) is -3.64. The molecule has 1 aromatic heterocycles. The highest BCUT2D eigenvalue weighted by Gasteiger charge is 2.29. The van der Waals surface area contributed by atoms with Gasteiger partial charge in [-0.2, -0.15) is 18.3 Å². The summed E-state index contributed by atoms with van der Waals surface area (Å²) in [6.45, 7) is -0.297. The first-order valence-corrected chi connectivity index (χ1v) is 5.41. The van der Waals surface area contributed by atoms with Gasteiger partial charge < -0.3 is 0 Å². The fourth-order valence-electron chi connectivity index (χ4n) is 0.844. The van der Waals surface area contributed by atoms with E-state index < -0.39 is 22.8 Å². The van der Waals surface area contributed by atoms with Crippen LogP contribution in [0, 0.1) is 6.92 Å². The smallest absolute Gasteiger partial charge is 0.281 e. The number of hydrogen-bond acceptors (Lipinski definition) is 4. The number of aromatic amines is 1. The summed E-state index contributed by atoms with van der Waals surface area (Å²) in [4.78, 5) is 4.92. The molecule has 0 amide bonds. The molecule has 16 heavy (non-hydrogen) atoms. The predicted octanol–water partition coefficient (Wildman–Crippen LogP) is 0.490. The molecule has 10 heteroatoms. The van der Waals surface area contributed by atoms with Gasteiger partial charge in [-0.05, 0) is 6.92 Å². The first-order chi connectivity index (χ1) is 7.22. The van der Waals surface area contributed by atoms with Gasteiger partial charge in [0.1, 0.15) is 4.90 Å². The minimum absolute atomic E-state index is 0.197. The zero-order valence-electron chi connectivity index (χ0n) is 8.00. The molecule has 1 heterocycles. The number of halogens is 3. The molecule has 0 aliphatic rings. The van der Waals surface area contributed by atoms with Crippen LogP contribution < -0.4 is 4.89 Å². The lowest BCUT2D eigenvalue weighted by Gasteiger charge is -2.08. The van der Waals surface area contributed by atoms with Crippen molar-refractivity contribution in [2.45, 2.75) is 18.0 Å². The van der Waals surface area contributed by atoms with Crippen LogP contribution in [0.25, 0.3) is 0 Å². The van der Waals surface area contributed by atoms with Crippen molar-refractivity contribution < 1.29 is 26.4 Å². The van der Waals surface area contributed by atoms with Crippen molar-refractivity contribution in [3.05, 3.63) is 11.9 Å². The number of aryl methyl sites for hydroxylation is 1. The Bertz CT molecular complexity index is 453. The van der Waals surface area contributed by atoms with E-state index in [1.165, 1.54) is 11.8 Å². The molecule has 0 saturated carbocycles. The zero-order valence-corrected chi connectivity index (χ0v) is 8.82. The standard InChI is InChI=1S/C6H8F3N3O3S/c1-4-5(2-10-11-4)16(13,14)12-15-3-6(7,8)9/h2,12H,3H2,1H3,(H,10,11). The SMILES string of the molecule is Cc1[nH]ncc1S(=O)(=O)NOCC(F)(F)F. The number of H-pyrrole nitrogens is 1. The Morgan fingerprint density at radius 3 is 2.62 bits per heavy atom. The summed E-state index contributed by atoms with van der Waals surface area (Å²) in [6, 6.07) is 0. The van der Waals surface area contributed by atoms with E-state index >= 15 is 0 Å². The Hall–Kier alpha value is -1.13. The van der Waals surface area contributed by atoms with Gasteiger partial charge in [0.15, 0.2) is 6.61 Å². The van der Waals surface area contributed by atoms with Crippen molar-refractivity contribution in [2.24, 2.45) is 0 Å². The molecule has 0 aliphatic carbocycles. The summed E-state index contributed by atoms with van der Waals surface area (Å²) in [5.74, 6) is 0. The summed E-state index contributed by atoms with van der Waals surface area (Å²) < 4.78 is 57.7. The summed E-state index contributed by atoms with van der Waals surface area (Å²) in [5, 5.41) is 5.76. The molecule has 2 N–H and O–H groups in total. The first kappa shape index (κ1) is 12.9. The third kappa shape index (κ3) is 3.47. The van der Waals surface area contributed by atoms with Crippen LogP contribution in [-0.4, -0.2) is 31.4 Å². The maximum atomic E-state index is 11.7. The van der Waals surface area contributed by atoms with Gasteiger partial charge in [-0.3, -0.25) is 9.94 Å². The number of alkyl halides is 3. The summed E-state index contributed by atoms with van der Waals surface area (Å²) >= 11 is 0. The molecule has 92 valence electrons. The highest BCUT2D eigenvalue weighted by Crippen LogP contribution is 2.15. The van der Waals surface area contributed by atoms with Crippen LogP contribution in [0.15, 0.2) is 11.1 Å².